The van der Waals surface area contributed by atoms with E-state index in [1.807, 2.05) is 0 Å². The Balaban J connectivity index is 3.20. The van der Waals surface area contributed by atoms with Crippen molar-refractivity contribution in [2.45, 2.75) is 162 Å². The van der Waals surface area contributed by atoms with Crippen molar-refractivity contribution in [2.24, 2.45) is 5.73 Å². The molecule has 0 rings (SSSR count). The van der Waals surface area contributed by atoms with Crippen LogP contribution < -0.4 is 5.73 Å². The summed E-state index contributed by atoms with van der Waals surface area (Å²) in [5.74, 6) is 0. The molecule has 0 heterocycles. The van der Waals surface area contributed by atoms with Crippen LogP contribution in [-0.2, 0) is 0 Å². The molecular formula is C29H62N2. The molecule has 188 valence electrons. The molecule has 0 aliphatic heterocycles. The third-order valence-corrected chi connectivity index (χ3v) is 6.83. The van der Waals surface area contributed by atoms with E-state index < -0.39 is 0 Å². The fourth-order valence-electron chi connectivity index (χ4n) is 4.58. The van der Waals surface area contributed by atoms with E-state index in [0.717, 1.165) is 6.54 Å². The second-order valence-corrected chi connectivity index (χ2v) is 10.1. The van der Waals surface area contributed by atoms with Crippen molar-refractivity contribution in [1.29, 1.82) is 0 Å². The Morgan fingerprint density at radius 1 is 0.355 bits per heavy atom. The van der Waals surface area contributed by atoms with E-state index in [1.54, 1.807) is 0 Å². The summed E-state index contributed by atoms with van der Waals surface area (Å²) < 4.78 is 0. The van der Waals surface area contributed by atoms with Gasteiger partial charge in [-0.3, -0.25) is 0 Å². The maximum atomic E-state index is 5.53. The second kappa shape index (κ2) is 28.0. The van der Waals surface area contributed by atoms with Crippen LogP contribution in [0.2, 0.25) is 0 Å². The van der Waals surface area contributed by atoms with Gasteiger partial charge < -0.3 is 10.6 Å². The fourth-order valence-corrected chi connectivity index (χ4v) is 4.58. The van der Waals surface area contributed by atoms with Gasteiger partial charge in [-0.1, -0.05) is 136 Å². The van der Waals surface area contributed by atoms with Crippen molar-refractivity contribution < 1.29 is 0 Å². The molecule has 31 heavy (non-hydrogen) atoms. The molecule has 0 unspecified atom stereocenters. The van der Waals surface area contributed by atoms with Crippen LogP contribution in [0.25, 0.3) is 0 Å². The van der Waals surface area contributed by atoms with Gasteiger partial charge in [-0.25, -0.2) is 0 Å². The Labute approximate surface area is 198 Å². The minimum atomic E-state index is 0.872. The van der Waals surface area contributed by atoms with Gasteiger partial charge in [-0.2, -0.15) is 0 Å². The summed E-state index contributed by atoms with van der Waals surface area (Å²) in [5.41, 5.74) is 5.53. The lowest BCUT2D eigenvalue weighted by Gasteiger charge is -2.21. The quantitative estimate of drug-likeness (QED) is 0.129. The average Bonchev–Trinajstić information content (AvgIpc) is 2.79. The lowest BCUT2D eigenvalue weighted by atomic mass is 10.0. The molecule has 0 atom stereocenters. The van der Waals surface area contributed by atoms with Crippen molar-refractivity contribution in [3.05, 3.63) is 0 Å². The number of hydrogen-bond acceptors (Lipinski definition) is 2. The molecule has 2 N–H and O–H groups in total. The standard InChI is InChI=1S/C29H62N2/c1-3-5-27-31(28-6-4-2)29-25-23-21-19-17-15-13-11-9-7-8-10-12-14-16-18-20-22-24-26-30/h3-30H2,1-2H3. The van der Waals surface area contributed by atoms with E-state index in [9.17, 15) is 0 Å². The maximum absolute atomic E-state index is 5.53. The molecule has 0 amide bonds. The van der Waals surface area contributed by atoms with Crippen molar-refractivity contribution in [1.82, 2.24) is 4.90 Å². The van der Waals surface area contributed by atoms with Crippen LogP contribution in [0, 0.1) is 0 Å². The largest absolute Gasteiger partial charge is 0.330 e. The Kier molecular flexibility index (Phi) is 27.9. The van der Waals surface area contributed by atoms with Crippen LogP contribution >= 0.6 is 0 Å². The van der Waals surface area contributed by atoms with Gasteiger partial charge in [0.25, 0.3) is 0 Å². The Hall–Kier alpha value is -0.0800. The first-order valence-electron chi connectivity index (χ1n) is 14.8. The molecule has 0 bridgehead atoms. The topological polar surface area (TPSA) is 29.3 Å². The van der Waals surface area contributed by atoms with E-state index in [0.29, 0.717) is 0 Å². The predicted octanol–water partition coefficient (Wildman–Crippen LogP) is 9.26. The molecule has 0 aromatic carbocycles. The lowest BCUT2D eigenvalue weighted by molar-refractivity contribution is 0.259. The Morgan fingerprint density at radius 3 is 0.903 bits per heavy atom. The van der Waals surface area contributed by atoms with Gasteiger partial charge in [-0.15, -0.1) is 0 Å². The summed E-state index contributed by atoms with van der Waals surface area (Å²) in [5, 5.41) is 0. The molecule has 0 fully saturated rings. The number of unbranched alkanes of at least 4 members (excludes halogenated alkanes) is 20. The molecule has 0 aliphatic rings. The molecule has 0 radical (unpaired) electrons. The zero-order valence-electron chi connectivity index (χ0n) is 22.1. The fraction of sp³-hybridized carbons (Fsp3) is 1.00. The third kappa shape index (κ3) is 26.1. The average molecular weight is 439 g/mol. The summed E-state index contributed by atoms with van der Waals surface area (Å²) >= 11 is 0. The molecule has 0 spiro atoms. The van der Waals surface area contributed by atoms with Crippen molar-refractivity contribution in [3.8, 4) is 0 Å². The van der Waals surface area contributed by atoms with Gasteiger partial charge in [-0.05, 0) is 51.9 Å². The smallest absolute Gasteiger partial charge is 0.00187 e. The molecule has 0 saturated carbocycles. The van der Waals surface area contributed by atoms with Crippen molar-refractivity contribution in [2.75, 3.05) is 26.2 Å². The summed E-state index contributed by atoms with van der Waals surface area (Å²) in [6.07, 6.45) is 32.8. The van der Waals surface area contributed by atoms with Gasteiger partial charge in [0, 0.05) is 0 Å². The van der Waals surface area contributed by atoms with E-state index in [-0.39, 0.29) is 0 Å². The second-order valence-electron chi connectivity index (χ2n) is 10.1. The van der Waals surface area contributed by atoms with Crippen molar-refractivity contribution in [3.63, 3.8) is 0 Å². The van der Waals surface area contributed by atoms with Gasteiger partial charge >= 0.3 is 0 Å². The molecule has 0 saturated heterocycles. The van der Waals surface area contributed by atoms with Crippen LogP contribution in [0.15, 0.2) is 0 Å². The first-order chi connectivity index (χ1) is 15.3. The molecule has 2 nitrogen and oxygen atoms in total. The number of hydrogen-bond donors (Lipinski definition) is 1. The first kappa shape index (κ1) is 30.9. The SMILES string of the molecule is CCCCN(CCCC)CCCCCCCCCCCCCCCCCCCCCN. The first-order valence-corrected chi connectivity index (χ1v) is 14.8. The molecule has 2 heteroatoms. The van der Waals surface area contributed by atoms with E-state index in [4.69, 9.17) is 5.73 Å². The van der Waals surface area contributed by atoms with Crippen LogP contribution in [0.3, 0.4) is 0 Å². The number of rotatable bonds is 27. The molecule has 0 aromatic heterocycles. The van der Waals surface area contributed by atoms with Crippen LogP contribution in [0.4, 0.5) is 0 Å². The van der Waals surface area contributed by atoms with Gasteiger partial charge in [0.1, 0.15) is 0 Å². The summed E-state index contributed by atoms with van der Waals surface area (Å²) in [6, 6.07) is 0. The summed E-state index contributed by atoms with van der Waals surface area (Å²) in [4.78, 5) is 2.72. The third-order valence-electron chi connectivity index (χ3n) is 6.83. The molecule has 0 aromatic rings. The van der Waals surface area contributed by atoms with Crippen LogP contribution in [0.1, 0.15) is 162 Å². The predicted molar refractivity (Wildman–Crippen MR) is 143 cm³/mol. The normalized spacial score (nSPS) is 11.6. The summed E-state index contributed by atoms with van der Waals surface area (Å²) in [7, 11) is 0. The van der Waals surface area contributed by atoms with Gasteiger partial charge in [0.2, 0.25) is 0 Å². The molecular weight excluding hydrogens is 376 g/mol. The monoisotopic (exact) mass is 438 g/mol. The maximum Gasteiger partial charge on any atom is -0.00187 e. The highest BCUT2D eigenvalue weighted by atomic mass is 15.1. The number of nitrogens with zero attached hydrogens (tertiary/aromatic N) is 1. The van der Waals surface area contributed by atoms with Gasteiger partial charge in [0.05, 0.1) is 0 Å². The van der Waals surface area contributed by atoms with E-state index in [2.05, 4.69) is 18.7 Å². The Morgan fingerprint density at radius 2 is 0.613 bits per heavy atom. The summed E-state index contributed by atoms with van der Waals surface area (Å²) in [6.45, 7) is 9.49. The minimum absolute atomic E-state index is 0.872. The van der Waals surface area contributed by atoms with E-state index in [1.165, 1.54) is 167 Å². The molecule has 0 aliphatic carbocycles. The number of nitrogens with two attached hydrogens (primary N) is 1. The zero-order chi connectivity index (χ0) is 22.7. The highest BCUT2D eigenvalue weighted by molar-refractivity contribution is 4.59. The highest BCUT2D eigenvalue weighted by Crippen LogP contribution is 2.14. The lowest BCUT2D eigenvalue weighted by Crippen LogP contribution is -2.27. The minimum Gasteiger partial charge on any atom is -0.330 e. The van der Waals surface area contributed by atoms with E-state index >= 15 is 0 Å². The van der Waals surface area contributed by atoms with Crippen molar-refractivity contribution >= 4 is 0 Å². The Bertz CT molecular complexity index is 297. The van der Waals surface area contributed by atoms with Crippen LogP contribution in [0.5, 0.6) is 0 Å². The van der Waals surface area contributed by atoms with Crippen LogP contribution in [-0.4, -0.2) is 31.1 Å². The van der Waals surface area contributed by atoms with Gasteiger partial charge in [0.15, 0.2) is 0 Å². The highest BCUT2D eigenvalue weighted by Gasteiger charge is 2.03. The zero-order valence-corrected chi connectivity index (χ0v) is 22.1.